The molecule has 0 aromatic carbocycles. The lowest BCUT2D eigenvalue weighted by Crippen LogP contribution is -2.31. The van der Waals surface area contributed by atoms with Crippen LogP contribution < -0.4 is 5.32 Å². The fourth-order valence-electron chi connectivity index (χ4n) is 1.94. The van der Waals surface area contributed by atoms with E-state index in [1.165, 1.54) is 19.3 Å². The topological polar surface area (TPSA) is 72.2 Å². The maximum absolute atomic E-state index is 9.78. The third-order valence-corrected chi connectivity index (χ3v) is 3.15. The average Bonchev–Trinajstić information content (AvgIpc) is 2.90. The second kappa shape index (κ2) is 10.8. The van der Waals surface area contributed by atoms with Gasteiger partial charge in [0.05, 0.1) is 19.3 Å². The molecule has 6 heteroatoms. The van der Waals surface area contributed by atoms with E-state index in [2.05, 4.69) is 22.4 Å². The van der Waals surface area contributed by atoms with Gasteiger partial charge >= 0.3 is 0 Å². The first kappa shape index (κ1) is 17.1. The minimum absolute atomic E-state index is 0.388. The molecule has 0 saturated heterocycles. The van der Waals surface area contributed by atoms with Gasteiger partial charge in [-0.05, 0) is 13.3 Å². The van der Waals surface area contributed by atoms with Crippen molar-refractivity contribution >= 4 is 0 Å². The molecule has 1 aromatic rings. The van der Waals surface area contributed by atoms with Crippen molar-refractivity contribution in [2.24, 2.45) is 0 Å². The van der Waals surface area contributed by atoms with Crippen LogP contribution in [0.25, 0.3) is 0 Å². The van der Waals surface area contributed by atoms with Crippen LogP contribution in [0.1, 0.15) is 45.4 Å². The van der Waals surface area contributed by atoms with Gasteiger partial charge in [-0.25, -0.2) is 0 Å². The monoisotopic (exact) mass is 284 g/mol. The van der Waals surface area contributed by atoms with E-state index in [9.17, 15) is 5.11 Å². The molecule has 2 N–H and O–H groups in total. The molecule has 1 unspecified atom stereocenters. The lowest BCUT2D eigenvalue weighted by Gasteiger charge is -2.12. The highest BCUT2D eigenvalue weighted by Gasteiger charge is 2.06. The first-order valence-electron chi connectivity index (χ1n) is 7.61. The van der Waals surface area contributed by atoms with Crippen LogP contribution in [0, 0.1) is 0 Å². The van der Waals surface area contributed by atoms with E-state index in [-0.39, 0.29) is 0 Å². The van der Waals surface area contributed by atoms with E-state index in [1.54, 1.807) is 6.33 Å². The molecule has 1 atom stereocenters. The van der Waals surface area contributed by atoms with Crippen LogP contribution in [0.3, 0.4) is 0 Å². The van der Waals surface area contributed by atoms with Gasteiger partial charge in [0.1, 0.15) is 12.2 Å². The summed E-state index contributed by atoms with van der Waals surface area (Å²) in [6, 6.07) is 0. The van der Waals surface area contributed by atoms with E-state index < -0.39 is 6.10 Å². The molecule has 1 aromatic heterocycles. The molecule has 6 nitrogen and oxygen atoms in total. The number of unbranched alkanes of at least 4 members (excludes halogenated alkanes) is 3. The Morgan fingerprint density at radius 1 is 1.35 bits per heavy atom. The number of ether oxygens (including phenoxy) is 1. The molecule has 116 valence electrons. The fourth-order valence-corrected chi connectivity index (χ4v) is 1.94. The summed E-state index contributed by atoms with van der Waals surface area (Å²) in [5, 5.41) is 20.8. The van der Waals surface area contributed by atoms with Gasteiger partial charge in [-0.15, -0.1) is 10.2 Å². The van der Waals surface area contributed by atoms with Crippen LogP contribution in [0.2, 0.25) is 0 Å². The molecular formula is C14H28N4O2. The maximum atomic E-state index is 9.78. The molecule has 0 radical (unpaired) electrons. The predicted molar refractivity (Wildman–Crippen MR) is 78.4 cm³/mol. The zero-order chi connectivity index (χ0) is 14.6. The standard InChI is InChI=1S/C14H28N4O2/c1-3-5-6-7-8-20-11-13(19)9-15-10-14-17-16-12-18(14)4-2/h12-13,15,19H,3-11H2,1-2H3. The Balaban J connectivity index is 2.01. The number of aryl methyl sites for hydroxylation is 1. The molecule has 1 heterocycles. The van der Waals surface area contributed by atoms with Crippen LogP contribution in [-0.2, 0) is 17.8 Å². The highest BCUT2D eigenvalue weighted by molar-refractivity contribution is 4.84. The minimum atomic E-state index is -0.473. The van der Waals surface area contributed by atoms with Crippen molar-refractivity contribution in [2.75, 3.05) is 19.8 Å². The van der Waals surface area contributed by atoms with Crippen molar-refractivity contribution in [3.8, 4) is 0 Å². The zero-order valence-corrected chi connectivity index (χ0v) is 12.7. The first-order valence-corrected chi connectivity index (χ1v) is 7.61. The number of hydrogen-bond acceptors (Lipinski definition) is 5. The van der Waals surface area contributed by atoms with Gasteiger partial charge < -0.3 is 19.7 Å². The summed E-state index contributed by atoms with van der Waals surface area (Å²) in [7, 11) is 0. The molecule has 0 spiro atoms. The number of nitrogens with one attached hydrogen (secondary N) is 1. The largest absolute Gasteiger partial charge is 0.389 e. The summed E-state index contributed by atoms with van der Waals surface area (Å²) in [6.07, 6.45) is 6.01. The molecule has 0 saturated carbocycles. The molecule has 0 bridgehead atoms. The Morgan fingerprint density at radius 3 is 2.95 bits per heavy atom. The first-order chi connectivity index (χ1) is 9.77. The summed E-state index contributed by atoms with van der Waals surface area (Å²) in [5.41, 5.74) is 0. The van der Waals surface area contributed by atoms with Crippen LogP contribution in [0.15, 0.2) is 6.33 Å². The van der Waals surface area contributed by atoms with Crippen LogP contribution in [0.5, 0.6) is 0 Å². The number of aromatic nitrogens is 3. The van der Waals surface area contributed by atoms with E-state index in [0.29, 0.717) is 19.7 Å². The van der Waals surface area contributed by atoms with Gasteiger partial charge in [0.15, 0.2) is 0 Å². The van der Waals surface area contributed by atoms with Gasteiger partial charge in [-0.3, -0.25) is 0 Å². The summed E-state index contributed by atoms with van der Waals surface area (Å²) in [6.45, 7) is 7.34. The number of aliphatic hydroxyl groups excluding tert-OH is 1. The molecule has 0 amide bonds. The van der Waals surface area contributed by atoms with Crippen molar-refractivity contribution in [1.82, 2.24) is 20.1 Å². The molecule has 20 heavy (non-hydrogen) atoms. The molecule has 0 aliphatic heterocycles. The lowest BCUT2D eigenvalue weighted by atomic mass is 10.2. The smallest absolute Gasteiger partial charge is 0.146 e. The second-order valence-electron chi connectivity index (χ2n) is 4.95. The van der Waals surface area contributed by atoms with Crippen molar-refractivity contribution in [2.45, 2.75) is 58.7 Å². The summed E-state index contributed by atoms with van der Waals surface area (Å²) in [5.74, 6) is 0.889. The van der Waals surface area contributed by atoms with Crippen LogP contribution in [0.4, 0.5) is 0 Å². The van der Waals surface area contributed by atoms with E-state index in [1.807, 2.05) is 11.5 Å². The minimum Gasteiger partial charge on any atom is -0.389 e. The van der Waals surface area contributed by atoms with Crippen LogP contribution >= 0.6 is 0 Å². The molecule has 0 aliphatic carbocycles. The Labute approximate surface area is 121 Å². The molecule has 1 rings (SSSR count). The zero-order valence-electron chi connectivity index (χ0n) is 12.7. The molecular weight excluding hydrogens is 256 g/mol. The van der Waals surface area contributed by atoms with Crippen molar-refractivity contribution in [1.29, 1.82) is 0 Å². The van der Waals surface area contributed by atoms with Gasteiger partial charge in [0, 0.05) is 19.7 Å². The fraction of sp³-hybridized carbons (Fsp3) is 0.857. The highest BCUT2D eigenvalue weighted by Crippen LogP contribution is 1.99. The van der Waals surface area contributed by atoms with E-state index in [4.69, 9.17) is 4.74 Å². The van der Waals surface area contributed by atoms with Crippen LogP contribution in [-0.4, -0.2) is 45.7 Å². The van der Waals surface area contributed by atoms with Gasteiger partial charge in [-0.2, -0.15) is 0 Å². The van der Waals surface area contributed by atoms with Gasteiger partial charge in [0.2, 0.25) is 0 Å². The Morgan fingerprint density at radius 2 is 2.20 bits per heavy atom. The second-order valence-corrected chi connectivity index (χ2v) is 4.95. The third-order valence-electron chi connectivity index (χ3n) is 3.15. The summed E-state index contributed by atoms with van der Waals surface area (Å²) in [4.78, 5) is 0. The number of rotatable bonds is 12. The van der Waals surface area contributed by atoms with Gasteiger partial charge in [0.25, 0.3) is 0 Å². The van der Waals surface area contributed by atoms with E-state index >= 15 is 0 Å². The molecule has 0 fully saturated rings. The Bertz CT molecular complexity index is 344. The number of aliphatic hydroxyl groups is 1. The van der Waals surface area contributed by atoms with Crippen molar-refractivity contribution in [3.05, 3.63) is 12.2 Å². The number of nitrogens with zero attached hydrogens (tertiary/aromatic N) is 3. The Kier molecular flexibility index (Phi) is 9.19. The maximum Gasteiger partial charge on any atom is 0.146 e. The third kappa shape index (κ3) is 6.98. The normalized spacial score (nSPS) is 12.8. The lowest BCUT2D eigenvalue weighted by molar-refractivity contribution is 0.0352. The van der Waals surface area contributed by atoms with Crippen molar-refractivity contribution < 1.29 is 9.84 Å². The Hall–Kier alpha value is -0.980. The SMILES string of the molecule is CCCCCCOCC(O)CNCc1nncn1CC. The van der Waals surface area contributed by atoms with Crippen molar-refractivity contribution in [3.63, 3.8) is 0 Å². The summed E-state index contributed by atoms with van der Waals surface area (Å²) >= 11 is 0. The average molecular weight is 284 g/mol. The predicted octanol–water partition coefficient (Wildman–Crippen LogP) is 1.35. The van der Waals surface area contributed by atoms with Gasteiger partial charge in [-0.1, -0.05) is 26.2 Å². The molecule has 0 aliphatic rings. The number of hydrogen-bond donors (Lipinski definition) is 2. The van der Waals surface area contributed by atoms with E-state index in [0.717, 1.165) is 25.4 Å². The highest BCUT2D eigenvalue weighted by atomic mass is 16.5. The summed E-state index contributed by atoms with van der Waals surface area (Å²) < 4.78 is 7.43. The quantitative estimate of drug-likeness (QED) is 0.567.